The van der Waals surface area contributed by atoms with Crippen LogP contribution in [-0.2, 0) is 4.74 Å². The minimum atomic E-state index is -0.140. The largest absolute Gasteiger partial charge is 0.376 e. The van der Waals surface area contributed by atoms with Crippen molar-refractivity contribution in [1.29, 1.82) is 0 Å². The van der Waals surface area contributed by atoms with Gasteiger partial charge >= 0.3 is 6.03 Å². The molecular weight excluding hydrogens is 292 g/mol. The molecule has 1 saturated heterocycles. The van der Waals surface area contributed by atoms with Gasteiger partial charge in [0.05, 0.1) is 18.0 Å². The van der Waals surface area contributed by atoms with Crippen molar-refractivity contribution < 1.29 is 9.53 Å². The number of carbonyl (C=O) groups is 1. The highest BCUT2D eigenvalue weighted by Crippen LogP contribution is 2.18. The lowest BCUT2D eigenvalue weighted by Crippen LogP contribution is -2.39. The smallest absolute Gasteiger partial charge is 0.319 e. The molecule has 126 valence electrons. The quantitative estimate of drug-likeness (QED) is 0.779. The predicted octanol–water partition coefficient (Wildman–Crippen LogP) is 3.13. The van der Waals surface area contributed by atoms with Crippen LogP contribution in [-0.4, -0.2) is 36.3 Å². The number of amides is 2. The summed E-state index contributed by atoms with van der Waals surface area (Å²) in [4.78, 5) is 16.3. The van der Waals surface area contributed by atoms with Crippen molar-refractivity contribution in [3.05, 3.63) is 18.3 Å². The molecule has 1 saturated carbocycles. The third kappa shape index (κ3) is 5.10. The maximum absolute atomic E-state index is 12.0. The second kappa shape index (κ2) is 8.15. The van der Waals surface area contributed by atoms with E-state index in [2.05, 4.69) is 20.9 Å². The number of urea groups is 1. The van der Waals surface area contributed by atoms with Crippen molar-refractivity contribution in [3.8, 4) is 0 Å². The summed E-state index contributed by atoms with van der Waals surface area (Å²) in [6.45, 7) is 1.64. The summed E-state index contributed by atoms with van der Waals surface area (Å²) in [7, 11) is 0. The van der Waals surface area contributed by atoms with Crippen LogP contribution in [0, 0.1) is 0 Å². The fourth-order valence-electron chi connectivity index (χ4n) is 3.20. The average molecular weight is 318 g/mol. The topological polar surface area (TPSA) is 75.3 Å². The molecule has 0 aromatic carbocycles. The molecule has 0 spiro atoms. The minimum absolute atomic E-state index is 0.140. The first-order chi connectivity index (χ1) is 11.3. The Hall–Kier alpha value is -1.82. The number of anilines is 2. The number of nitrogens with one attached hydrogen (secondary N) is 3. The van der Waals surface area contributed by atoms with Crippen molar-refractivity contribution in [2.45, 2.75) is 57.1 Å². The highest BCUT2D eigenvalue weighted by atomic mass is 16.5. The Morgan fingerprint density at radius 2 is 2.04 bits per heavy atom. The number of pyridine rings is 1. The number of rotatable bonds is 5. The Morgan fingerprint density at radius 1 is 1.17 bits per heavy atom. The third-order valence-corrected chi connectivity index (χ3v) is 4.50. The molecule has 1 atom stereocenters. The van der Waals surface area contributed by atoms with E-state index >= 15 is 0 Å². The van der Waals surface area contributed by atoms with Gasteiger partial charge < -0.3 is 20.7 Å². The average Bonchev–Trinajstić information content (AvgIpc) is 3.08. The van der Waals surface area contributed by atoms with Gasteiger partial charge in [-0.1, -0.05) is 19.3 Å². The van der Waals surface area contributed by atoms with Gasteiger partial charge in [-0.2, -0.15) is 0 Å². The van der Waals surface area contributed by atoms with Crippen molar-refractivity contribution >= 4 is 17.5 Å². The fraction of sp³-hybridized carbons (Fsp3) is 0.647. The van der Waals surface area contributed by atoms with E-state index in [1.165, 1.54) is 19.3 Å². The first-order valence-corrected chi connectivity index (χ1v) is 8.68. The van der Waals surface area contributed by atoms with Crippen LogP contribution in [0.3, 0.4) is 0 Å². The first-order valence-electron chi connectivity index (χ1n) is 8.68. The van der Waals surface area contributed by atoms with Crippen molar-refractivity contribution in [2.24, 2.45) is 0 Å². The Morgan fingerprint density at radius 3 is 2.74 bits per heavy atom. The predicted molar refractivity (Wildman–Crippen MR) is 90.7 cm³/mol. The van der Waals surface area contributed by atoms with Crippen molar-refractivity contribution in [1.82, 2.24) is 10.3 Å². The number of carbonyl (C=O) groups excluding carboxylic acids is 1. The maximum atomic E-state index is 12.0. The summed E-state index contributed by atoms with van der Waals surface area (Å²) >= 11 is 0. The molecule has 1 aromatic heterocycles. The molecule has 6 nitrogen and oxygen atoms in total. The van der Waals surface area contributed by atoms with E-state index in [0.717, 1.165) is 44.7 Å². The summed E-state index contributed by atoms with van der Waals surface area (Å²) in [5.41, 5.74) is 0.709. The molecule has 2 amide bonds. The lowest BCUT2D eigenvalue weighted by atomic mass is 9.96. The molecule has 1 unspecified atom stereocenters. The molecule has 1 aliphatic carbocycles. The monoisotopic (exact) mass is 318 g/mol. The summed E-state index contributed by atoms with van der Waals surface area (Å²) < 4.78 is 5.57. The molecule has 1 aliphatic heterocycles. The highest BCUT2D eigenvalue weighted by Gasteiger charge is 2.16. The minimum Gasteiger partial charge on any atom is -0.376 e. The van der Waals surface area contributed by atoms with Gasteiger partial charge in [0.1, 0.15) is 5.82 Å². The van der Waals surface area contributed by atoms with Crippen LogP contribution in [0.2, 0.25) is 0 Å². The Bertz CT molecular complexity index is 494. The summed E-state index contributed by atoms with van der Waals surface area (Å²) in [5.74, 6) is 0.804. The Labute approximate surface area is 137 Å². The van der Waals surface area contributed by atoms with Crippen LogP contribution in [0.1, 0.15) is 44.9 Å². The zero-order chi connectivity index (χ0) is 15.9. The molecule has 1 aromatic rings. The van der Waals surface area contributed by atoms with Gasteiger partial charge in [-0.05, 0) is 37.8 Å². The van der Waals surface area contributed by atoms with Gasteiger partial charge in [0, 0.05) is 19.2 Å². The zero-order valence-electron chi connectivity index (χ0n) is 13.5. The van der Waals surface area contributed by atoms with E-state index in [-0.39, 0.29) is 12.1 Å². The molecule has 2 heterocycles. The molecule has 0 bridgehead atoms. The fourth-order valence-corrected chi connectivity index (χ4v) is 3.20. The number of nitrogens with zero attached hydrogens (tertiary/aromatic N) is 1. The van der Waals surface area contributed by atoms with Crippen LogP contribution in [0.15, 0.2) is 18.3 Å². The third-order valence-electron chi connectivity index (χ3n) is 4.50. The molecule has 0 radical (unpaired) electrons. The standard InChI is InChI=1S/C17H26N4O2/c22-17(20-13-5-2-1-3-6-13)21-14-8-9-16(18-11-14)19-12-15-7-4-10-23-15/h8-9,11,13,15H,1-7,10,12H2,(H,18,19)(H2,20,21,22). The van der Waals surface area contributed by atoms with Crippen molar-refractivity contribution in [3.63, 3.8) is 0 Å². The zero-order valence-corrected chi connectivity index (χ0v) is 13.5. The summed E-state index contributed by atoms with van der Waals surface area (Å²) in [6, 6.07) is 3.92. The molecule has 3 rings (SSSR count). The maximum Gasteiger partial charge on any atom is 0.319 e. The Balaban J connectivity index is 1.42. The van der Waals surface area contributed by atoms with Gasteiger partial charge in [0.15, 0.2) is 0 Å². The van der Waals surface area contributed by atoms with Crippen molar-refractivity contribution in [2.75, 3.05) is 23.8 Å². The molecule has 2 fully saturated rings. The second-order valence-electron chi connectivity index (χ2n) is 6.38. The second-order valence-corrected chi connectivity index (χ2v) is 6.38. The van der Waals surface area contributed by atoms with Crippen LogP contribution in [0.25, 0.3) is 0 Å². The summed E-state index contributed by atoms with van der Waals surface area (Å²) in [6.07, 6.45) is 10.1. The SMILES string of the molecule is O=C(Nc1ccc(NCC2CCCO2)nc1)NC1CCCCC1. The van der Waals surface area contributed by atoms with Gasteiger partial charge in [-0.15, -0.1) is 0 Å². The van der Waals surface area contributed by atoms with Crippen LogP contribution >= 0.6 is 0 Å². The van der Waals surface area contributed by atoms with Crippen LogP contribution < -0.4 is 16.0 Å². The normalized spacial score (nSPS) is 21.8. The number of ether oxygens (including phenoxy) is 1. The van der Waals surface area contributed by atoms with E-state index < -0.39 is 0 Å². The number of hydrogen-bond acceptors (Lipinski definition) is 4. The molecule has 3 N–H and O–H groups in total. The van der Waals surface area contributed by atoms with E-state index in [1.807, 2.05) is 12.1 Å². The van der Waals surface area contributed by atoms with Crippen LogP contribution in [0.4, 0.5) is 16.3 Å². The lowest BCUT2D eigenvalue weighted by Gasteiger charge is -2.22. The van der Waals surface area contributed by atoms with E-state index in [1.54, 1.807) is 6.20 Å². The lowest BCUT2D eigenvalue weighted by molar-refractivity contribution is 0.120. The Kier molecular flexibility index (Phi) is 5.69. The molecular formula is C17H26N4O2. The number of aromatic nitrogens is 1. The number of hydrogen-bond donors (Lipinski definition) is 3. The van der Waals surface area contributed by atoms with Crippen LogP contribution in [0.5, 0.6) is 0 Å². The van der Waals surface area contributed by atoms with Gasteiger partial charge in [0.2, 0.25) is 0 Å². The van der Waals surface area contributed by atoms with Gasteiger partial charge in [-0.25, -0.2) is 9.78 Å². The van der Waals surface area contributed by atoms with E-state index in [9.17, 15) is 4.79 Å². The summed E-state index contributed by atoms with van der Waals surface area (Å²) in [5, 5.41) is 9.15. The van der Waals surface area contributed by atoms with E-state index in [4.69, 9.17) is 4.74 Å². The molecule has 2 aliphatic rings. The molecule has 23 heavy (non-hydrogen) atoms. The van der Waals surface area contributed by atoms with Gasteiger partial charge in [0.25, 0.3) is 0 Å². The van der Waals surface area contributed by atoms with Gasteiger partial charge in [-0.3, -0.25) is 0 Å². The highest BCUT2D eigenvalue weighted by molar-refractivity contribution is 5.89. The first kappa shape index (κ1) is 16.1. The molecule has 6 heteroatoms. The van der Waals surface area contributed by atoms with E-state index in [0.29, 0.717) is 11.7 Å².